The van der Waals surface area contributed by atoms with Crippen LogP contribution >= 0.6 is 12.6 Å². The van der Waals surface area contributed by atoms with Crippen molar-refractivity contribution in [1.29, 1.82) is 0 Å². The molecule has 1 aromatic carbocycles. The molecule has 1 aliphatic rings. The number of imide groups is 1. The average molecular weight is 278 g/mol. The molecule has 0 bridgehead atoms. The molecule has 1 N–H and O–H groups in total. The van der Waals surface area contributed by atoms with Gasteiger partial charge in [-0.2, -0.15) is 0 Å². The number of hydrogen-bond acceptors (Lipinski definition) is 5. The molecule has 1 aliphatic heterocycles. The fourth-order valence-corrected chi connectivity index (χ4v) is 2.59. The van der Waals surface area contributed by atoms with Gasteiger partial charge in [0.1, 0.15) is 11.6 Å². The number of rotatable bonds is 1. The summed E-state index contributed by atoms with van der Waals surface area (Å²) in [6, 6.07) is 4.32. The zero-order valence-electron chi connectivity index (χ0n) is 9.75. The molecule has 2 heterocycles. The minimum absolute atomic E-state index is 0.199. The van der Waals surface area contributed by atoms with Crippen LogP contribution in [0.15, 0.2) is 32.3 Å². The van der Waals surface area contributed by atoms with Crippen molar-refractivity contribution in [3.63, 3.8) is 0 Å². The molecule has 1 unspecified atom stereocenters. The summed E-state index contributed by atoms with van der Waals surface area (Å²) in [5.41, 5.74) is 0.854. The molecule has 1 fully saturated rings. The summed E-state index contributed by atoms with van der Waals surface area (Å²) in [7, 11) is 0. The summed E-state index contributed by atoms with van der Waals surface area (Å²) < 4.78 is 6.37. The minimum atomic E-state index is -0.736. The van der Waals surface area contributed by atoms with Gasteiger partial charge in [-0.3, -0.25) is 19.5 Å². The molecule has 1 aromatic heterocycles. The largest absolute Gasteiger partial charge is 0.420 e. The zero-order chi connectivity index (χ0) is 13.6. The SMILES string of the molecule is O=C1CCC(n2c(=O)oc3cccc(S)c32)C(=O)N1. The molecule has 98 valence electrons. The van der Waals surface area contributed by atoms with Crippen LogP contribution < -0.4 is 11.1 Å². The smallest absolute Gasteiger partial charge is 0.408 e. The van der Waals surface area contributed by atoms with Crippen molar-refractivity contribution in [2.24, 2.45) is 0 Å². The lowest BCUT2D eigenvalue weighted by atomic mass is 10.1. The van der Waals surface area contributed by atoms with Gasteiger partial charge >= 0.3 is 5.76 Å². The monoisotopic (exact) mass is 278 g/mol. The van der Waals surface area contributed by atoms with Crippen LogP contribution in [0.25, 0.3) is 11.1 Å². The second-order valence-electron chi connectivity index (χ2n) is 4.33. The van der Waals surface area contributed by atoms with E-state index < -0.39 is 17.7 Å². The predicted molar refractivity (Wildman–Crippen MR) is 69.1 cm³/mol. The first-order chi connectivity index (χ1) is 9.08. The number of nitrogens with one attached hydrogen (secondary N) is 1. The number of aromatic nitrogens is 1. The topological polar surface area (TPSA) is 81.3 Å². The maximum Gasteiger partial charge on any atom is 0.420 e. The summed E-state index contributed by atoms with van der Waals surface area (Å²) in [4.78, 5) is 35.5. The van der Waals surface area contributed by atoms with Crippen molar-refractivity contribution in [1.82, 2.24) is 9.88 Å². The molecule has 0 aliphatic carbocycles. The van der Waals surface area contributed by atoms with Crippen molar-refractivity contribution in [3.05, 3.63) is 28.7 Å². The van der Waals surface area contributed by atoms with Gasteiger partial charge in [-0.05, 0) is 18.6 Å². The number of para-hydroxylation sites is 1. The normalized spacial score (nSPS) is 19.7. The van der Waals surface area contributed by atoms with E-state index in [1.807, 2.05) is 0 Å². The Morgan fingerprint density at radius 3 is 2.84 bits per heavy atom. The van der Waals surface area contributed by atoms with Crippen LogP contribution in [0.2, 0.25) is 0 Å². The number of carbonyl (C=O) groups is 2. The summed E-state index contributed by atoms with van der Waals surface area (Å²) in [6.07, 6.45) is 0.478. The first kappa shape index (κ1) is 12.0. The lowest BCUT2D eigenvalue weighted by Gasteiger charge is -2.21. The van der Waals surface area contributed by atoms with Gasteiger partial charge in [0.05, 0.1) is 0 Å². The Morgan fingerprint density at radius 1 is 1.32 bits per heavy atom. The minimum Gasteiger partial charge on any atom is -0.408 e. The van der Waals surface area contributed by atoms with Gasteiger partial charge in [-0.1, -0.05) is 6.07 Å². The van der Waals surface area contributed by atoms with E-state index in [1.54, 1.807) is 18.2 Å². The van der Waals surface area contributed by atoms with E-state index in [2.05, 4.69) is 17.9 Å². The molecule has 0 saturated carbocycles. The van der Waals surface area contributed by atoms with E-state index in [9.17, 15) is 14.4 Å². The highest BCUT2D eigenvalue weighted by Gasteiger charge is 2.31. The number of hydrogen-bond donors (Lipinski definition) is 2. The first-order valence-electron chi connectivity index (χ1n) is 5.74. The van der Waals surface area contributed by atoms with Crippen LogP contribution in [0.5, 0.6) is 0 Å². The van der Waals surface area contributed by atoms with Crippen LogP contribution in [0, 0.1) is 0 Å². The Kier molecular flexibility index (Phi) is 2.70. The number of benzene rings is 1. The Bertz CT molecular complexity index is 746. The molecule has 6 nitrogen and oxygen atoms in total. The highest BCUT2D eigenvalue weighted by atomic mass is 32.1. The van der Waals surface area contributed by atoms with E-state index in [1.165, 1.54) is 4.57 Å². The van der Waals surface area contributed by atoms with Crippen molar-refractivity contribution < 1.29 is 14.0 Å². The molecule has 1 saturated heterocycles. The third kappa shape index (κ3) is 1.86. The maximum absolute atomic E-state index is 11.9. The fourth-order valence-electron chi connectivity index (χ4n) is 2.28. The third-order valence-corrected chi connectivity index (χ3v) is 3.50. The lowest BCUT2D eigenvalue weighted by Crippen LogP contribution is -2.43. The number of fused-ring (bicyclic) bond motifs is 1. The van der Waals surface area contributed by atoms with Crippen molar-refractivity contribution in [2.75, 3.05) is 0 Å². The molecular formula is C12H10N2O4S. The van der Waals surface area contributed by atoms with Crippen molar-refractivity contribution in [2.45, 2.75) is 23.8 Å². The van der Waals surface area contributed by atoms with Gasteiger partial charge in [-0.15, -0.1) is 12.6 Å². The Labute approximate surface area is 112 Å². The zero-order valence-corrected chi connectivity index (χ0v) is 10.6. The summed E-state index contributed by atoms with van der Waals surface area (Å²) in [5.74, 6) is -1.43. The Hall–Kier alpha value is -2.02. The second kappa shape index (κ2) is 4.27. The van der Waals surface area contributed by atoms with E-state index >= 15 is 0 Å². The second-order valence-corrected chi connectivity index (χ2v) is 4.81. The molecule has 19 heavy (non-hydrogen) atoms. The quantitative estimate of drug-likeness (QED) is 0.599. The average Bonchev–Trinajstić information content (AvgIpc) is 2.67. The molecule has 7 heteroatoms. The standard InChI is InChI=1S/C12H10N2O4S/c15-9-5-4-6(11(16)13-9)14-10-7(18-12(14)17)2-1-3-8(10)19/h1-3,6,19H,4-5H2,(H,13,15,16). The fraction of sp³-hybridized carbons (Fsp3) is 0.250. The molecule has 1 atom stereocenters. The van der Waals surface area contributed by atoms with E-state index in [0.717, 1.165) is 0 Å². The van der Waals surface area contributed by atoms with Crippen LogP contribution in [0.1, 0.15) is 18.9 Å². The van der Waals surface area contributed by atoms with E-state index in [-0.39, 0.29) is 18.7 Å². The van der Waals surface area contributed by atoms with Gasteiger partial charge < -0.3 is 4.42 Å². The number of oxazole rings is 1. The molecule has 0 radical (unpaired) electrons. The van der Waals surface area contributed by atoms with Gasteiger partial charge in [0, 0.05) is 11.3 Å². The van der Waals surface area contributed by atoms with Gasteiger partial charge in [0.25, 0.3) is 0 Å². The molecule has 0 spiro atoms. The van der Waals surface area contributed by atoms with Crippen LogP contribution in [0.4, 0.5) is 0 Å². The number of thiol groups is 1. The van der Waals surface area contributed by atoms with Crippen molar-refractivity contribution in [3.8, 4) is 0 Å². The summed E-state index contributed by atoms with van der Waals surface area (Å²) in [5, 5.41) is 2.22. The summed E-state index contributed by atoms with van der Waals surface area (Å²) >= 11 is 4.28. The Morgan fingerprint density at radius 2 is 2.11 bits per heavy atom. The lowest BCUT2D eigenvalue weighted by molar-refractivity contribution is -0.135. The molecule has 2 aromatic rings. The summed E-state index contributed by atoms with van der Waals surface area (Å²) in [6.45, 7) is 0. The number of nitrogens with zero attached hydrogens (tertiary/aromatic N) is 1. The van der Waals surface area contributed by atoms with Gasteiger partial charge in [0.15, 0.2) is 5.58 Å². The number of carbonyl (C=O) groups excluding carboxylic acids is 2. The highest BCUT2D eigenvalue weighted by Crippen LogP contribution is 2.26. The maximum atomic E-state index is 11.9. The van der Waals surface area contributed by atoms with E-state index in [4.69, 9.17) is 4.42 Å². The van der Waals surface area contributed by atoms with Crippen LogP contribution in [0.3, 0.4) is 0 Å². The number of piperidine rings is 1. The highest BCUT2D eigenvalue weighted by molar-refractivity contribution is 7.80. The third-order valence-electron chi connectivity index (χ3n) is 3.13. The van der Waals surface area contributed by atoms with Gasteiger partial charge in [-0.25, -0.2) is 4.79 Å². The van der Waals surface area contributed by atoms with E-state index in [0.29, 0.717) is 16.0 Å². The number of amides is 2. The molecule has 3 rings (SSSR count). The molecular weight excluding hydrogens is 268 g/mol. The molecule has 2 amide bonds. The van der Waals surface area contributed by atoms with Crippen LogP contribution in [-0.2, 0) is 9.59 Å². The van der Waals surface area contributed by atoms with Gasteiger partial charge in [0.2, 0.25) is 11.8 Å². The predicted octanol–water partition coefficient (Wildman–Crippen LogP) is 0.861. The van der Waals surface area contributed by atoms with Crippen LogP contribution in [-0.4, -0.2) is 16.4 Å². The van der Waals surface area contributed by atoms with Crippen molar-refractivity contribution >= 4 is 35.5 Å². The Balaban J connectivity index is 2.20. The first-order valence-corrected chi connectivity index (χ1v) is 6.19.